The van der Waals surface area contributed by atoms with Crippen molar-refractivity contribution in [2.45, 2.75) is 45.3 Å². The van der Waals surface area contributed by atoms with Crippen LogP contribution >= 0.6 is 0 Å². The molecule has 18 heavy (non-hydrogen) atoms. The minimum absolute atomic E-state index is 0.0430. The van der Waals surface area contributed by atoms with Gasteiger partial charge >= 0.3 is 0 Å². The van der Waals surface area contributed by atoms with Gasteiger partial charge in [-0.25, -0.2) is 0 Å². The minimum Gasteiger partial charge on any atom is -0.508 e. The fourth-order valence-corrected chi connectivity index (χ4v) is 2.01. The molecule has 0 saturated heterocycles. The summed E-state index contributed by atoms with van der Waals surface area (Å²) in [7, 11) is 0. The second-order valence-corrected chi connectivity index (χ2v) is 5.09. The Morgan fingerprint density at radius 3 is 2.56 bits per heavy atom. The fourth-order valence-electron chi connectivity index (χ4n) is 2.01. The molecule has 0 aliphatic carbocycles. The molecule has 0 aliphatic heterocycles. The van der Waals surface area contributed by atoms with Crippen LogP contribution in [0.4, 0.5) is 0 Å². The van der Waals surface area contributed by atoms with Gasteiger partial charge in [0.1, 0.15) is 11.5 Å². The Labute approximate surface area is 108 Å². The number of hydrogen-bond donors (Lipinski definition) is 4. The van der Waals surface area contributed by atoms with Gasteiger partial charge in [0.05, 0.1) is 5.60 Å². The largest absolute Gasteiger partial charge is 0.508 e. The van der Waals surface area contributed by atoms with Crippen molar-refractivity contribution in [3.8, 4) is 11.5 Å². The molecule has 0 fully saturated rings. The van der Waals surface area contributed by atoms with Crippen molar-refractivity contribution in [3.05, 3.63) is 23.8 Å². The molecule has 0 spiro atoms. The third-order valence-electron chi connectivity index (χ3n) is 3.06. The van der Waals surface area contributed by atoms with Gasteiger partial charge in [0.15, 0.2) is 0 Å². The Hall–Kier alpha value is -1.26. The second-order valence-electron chi connectivity index (χ2n) is 5.09. The fraction of sp³-hybridized carbons (Fsp3) is 0.571. The summed E-state index contributed by atoms with van der Waals surface area (Å²) >= 11 is 0. The third-order valence-corrected chi connectivity index (χ3v) is 3.06. The molecule has 2 atom stereocenters. The van der Waals surface area contributed by atoms with E-state index in [1.807, 2.05) is 13.8 Å². The van der Waals surface area contributed by atoms with Crippen molar-refractivity contribution < 1.29 is 15.3 Å². The average Bonchev–Trinajstić information content (AvgIpc) is 2.26. The molecule has 2 unspecified atom stereocenters. The summed E-state index contributed by atoms with van der Waals surface area (Å²) in [6.07, 6.45) is 1.65. The number of phenols is 2. The topological polar surface area (TPSA) is 72.7 Å². The summed E-state index contributed by atoms with van der Waals surface area (Å²) < 4.78 is 0. The van der Waals surface area contributed by atoms with Crippen LogP contribution in [-0.2, 0) is 0 Å². The van der Waals surface area contributed by atoms with E-state index in [1.54, 1.807) is 13.0 Å². The highest BCUT2D eigenvalue weighted by Crippen LogP contribution is 2.28. The lowest BCUT2D eigenvalue weighted by Gasteiger charge is -2.26. The zero-order chi connectivity index (χ0) is 13.8. The Kier molecular flexibility index (Phi) is 4.99. The van der Waals surface area contributed by atoms with Crippen LogP contribution in [0.25, 0.3) is 0 Å². The molecule has 1 aromatic rings. The summed E-state index contributed by atoms with van der Waals surface area (Å²) in [6.45, 7) is 6.20. The van der Waals surface area contributed by atoms with Crippen LogP contribution in [-0.4, -0.2) is 27.5 Å². The molecule has 4 N–H and O–H groups in total. The number of hydrogen-bond acceptors (Lipinski definition) is 4. The van der Waals surface area contributed by atoms with Gasteiger partial charge in [-0.05, 0) is 26.3 Å². The number of nitrogens with one attached hydrogen (secondary N) is 1. The Bertz CT molecular complexity index is 391. The zero-order valence-electron chi connectivity index (χ0n) is 11.3. The van der Waals surface area contributed by atoms with E-state index in [0.29, 0.717) is 12.1 Å². The van der Waals surface area contributed by atoms with Gasteiger partial charge in [0.2, 0.25) is 0 Å². The van der Waals surface area contributed by atoms with E-state index in [1.165, 1.54) is 12.1 Å². The SMILES string of the molecule is CCCC(C)(O)CNC(C)c1ccc(O)cc1O. The first-order valence-electron chi connectivity index (χ1n) is 6.33. The van der Waals surface area contributed by atoms with Crippen LogP contribution in [0.1, 0.15) is 45.2 Å². The summed E-state index contributed by atoms with van der Waals surface area (Å²) in [5.41, 5.74) is -0.0321. The number of phenolic OH excluding ortho intramolecular Hbond substituents is 2. The van der Waals surface area contributed by atoms with Crippen molar-refractivity contribution in [1.82, 2.24) is 5.32 Å². The van der Waals surface area contributed by atoms with Crippen LogP contribution in [0.15, 0.2) is 18.2 Å². The highest BCUT2D eigenvalue weighted by Gasteiger charge is 2.20. The zero-order valence-corrected chi connectivity index (χ0v) is 11.3. The van der Waals surface area contributed by atoms with Crippen LogP contribution < -0.4 is 5.32 Å². The molecule has 4 heteroatoms. The summed E-state index contributed by atoms with van der Waals surface area (Å²) in [5.74, 6) is 0.103. The van der Waals surface area contributed by atoms with E-state index in [4.69, 9.17) is 0 Å². The number of aromatic hydroxyl groups is 2. The molecule has 1 aromatic carbocycles. The maximum atomic E-state index is 10.1. The van der Waals surface area contributed by atoms with E-state index in [9.17, 15) is 15.3 Å². The molecular formula is C14H23NO3. The second kappa shape index (κ2) is 6.07. The van der Waals surface area contributed by atoms with Crippen LogP contribution in [0, 0.1) is 0 Å². The van der Waals surface area contributed by atoms with Gasteiger partial charge in [0, 0.05) is 24.2 Å². The maximum Gasteiger partial charge on any atom is 0.124 e. The van der Waals surface area contributed by atoms with Crippen molar-refractivity contribution >= 4 is 0 Å². The van der Waals surface area contributed by atoms with Gasteiger partial charge in [-0.2, -0.15) is 0 Å². The number of rotatable bonds is 6. The van der Waals surface area contributed by atoms with E-state index in [2.05, 4.69) is 5.32 Å². The van der Waals surface area contributed by atoms with Crippen LogP contribution in [0.3, 0.4) is 0 Å². The lowest BCUT2D eigenvalue weighted by molar-refractivity contribution is 0.0476. The van der Waals surface area contributed by atoms with Gasteiger partial charge < -0.3 is 20.6 Å². The van der Waals surface area contributed by atoms with Crippen LogP contribution in [0.2, 0.25) is 0 Å². The molecule has 1 rings (SSSR count). The maximum absolute atomic E-state index is 10.1. The number of aliphatic hydroxyl groups is 1. The summed E-state index contributed by atoms with van der Waals surface area (Å²) in [6, 6.07) is 4.44. The molecular weight excluding hydrogens is 230 g/mol. The van der Waals surface area contributed by atoms with E-state index in [0.717, 1.165) is 12.8 Å². The van der Waals surface area contributed by atoms with Crippen molar-refractivity contribution in [1.29, 1.82) is 0 Å². The predicted molar refractivity (Wildman–Crippen MR) is 71.7 cm³/mol. The van der Waals surface area contributed by atoms with Gasteiger partial charge in [-0.1, -0.05) is 19.4 Å². The first-order chi connectivity index (χ1) is 8.35. The highest BCUT2D eigenvalue weighted by atomic mass is 16.3. The Morgan fingerprint density at radius 2 is 2.00 bits per heavy atom. The number of benzene rings is 1. The molecule has 0 bridgehead atoms. The molecule has 0 saturated carbocycles. The van der Waals surface area contributed by atoms with Crippen molar-refractivity contribution in [2.75, 3.05) is 6.54 Å². The molecule has 4 nitrogen and oxygen atoms in total. The molecule has 0 aromatic heterocycles. The van der Waals surface area contributed by atoms with Crippen LogP contribution in [0.5, 0.6) is 11.5 Å². The van der Waals surface area contributed by atoms with Gasteiger partial charge in [0.25, 0.3) is 0 Å². The molecule has 0 radical (unpaired) electrons. The van der Waals surface area contributed by atoms with Crippen molar-refractivity contribution in [2.24, 2.45) is 0 Å². The summed E-state index contributed by atoms with van der Waals surface area (Å²) in [4.78, 5) is 0. The molecule has 102 valence electrons. The standard InChI is InChI=1S/C14H23NO3/c1-4-7-14(3,18)9-15-10(2)12-6-5-11(16)8-13(12)17/h5-6,8,10,15-18H,4,7,9H2,1-3H3. The predicted octanol–water partition coefficient (Wildman–Crippen LogP) is 2.30. The normalized spacial score (nSPS) is 16.2. The van der Waals surface area contributed by atoms with Gasteiger partial charge in [-0.15, -0.1) is 0 Å². The smallest absolute Gasteiger partial charge is 0.124 e. The first-order valence-corrected chi connectivity index (χ1v) is 6.33. The summed E-state index contributed by atoms with van der Waals surface area (Å²) in [5, 5.41) is 32.2. The first kappa shape index (κ1) is 14.8. The quantitative estimate of drug-likeness (QED) is 0.627. The van der Waals surface area contributed by atoms with Gasteiger partial charge in [-0.3, -0.25) is 0 Å². The lowest BCUT2D eigenvalue weighted by Crippen LogP contribution is -2.38. The van der Waals surface area contributed by atoms with Crippen molar-refractivity contribution in [3.63, 3.8) is 0 Å². The Morgan fingerprint density at radius 1 is 1.33 bits per heavy atom. The average molecular weight is 253 g/mol. The van der Waals surface area contributed by atoms with E-state index in [-0.39, 0.29) is 17.5 Å². The molecule has 0 heterocycles. The highest BCUT2D eigenvalue weighted by molar-refractivity contribution is 5.40. The van der Waals surface area contributed by atoms with E-state index < -0.39 is 5.60 Å². The molecule has 0 amide bonds. The molecule has 0 aliphatic rings. The van der Waals surface area contributed by atoms with E-state index >= 15 is 0 Å². The monoisotopic (exact) mass is 253 g/mol. The Balaban J connectivity index is 2.63. The minimum atomic E-state index is -0.741. The lowest BCUT2D eigenvalue weighted by atomic mass is 9.99. The third kappa shape index (κ3) is 4.20.